The summed E-state index contributed by atoms with van der Waals surface area (Å²) in [5.41, 5.74) is 4.28. The third-order valence-corrected chi connectivity index (χ3v) is 5.03. The molecule has 1 aliphatic heterocycles. The van der Waals surface area contributed by atoms with Gasteiger partial charge in [0.25, 0.3) is 0 Å². The van der Waals surface area contributed by atoms with Gasteiger partial charge >= 0.3 is 11.8 Å². The second-order valence-electron chi connectivity index (χ2n) is 6.68. The Kier molecular flexibility index (Phi) is 5.64. The first-order valence-corrected chi connectivity index (χ1v) is 9.05. The van der Waals surface area contributed by atoms with E-state index in [1.165, 1.54) is 16.8 Å². The van der Waals surface area contributed by atoms with Crippen LogP contribution in [0.15, 0.2) is 42.5 Å². The van der Waals surface area contributed by atoms with Gasteiger partial charge in [0, 0.05) is 37.6 Å². The minimum atomic E-state index is -0.611. The van der Waals surface area contributed by atoms with E-state index in [0.717, 1.165) is 0 Å². The van der Waals surface area contributed by atoms with E-state index in [1.54, 1.807) is 36.3 Å². The lowest BCUT2D eigenvalue weighted by Gasteiger charge is -2.36. The number of hydrogen-bond acceptors (Lipinski definition) is 4. The van der Waals surface area contributed by atoms with Gasteiger partial charge in [-0.3, -0.25) is 9.59 Å². The van der Waals surface area contributed by atoms with E-state index in [0.29, 0.717) is 37.6 Å². The fourth-order valence-electron chi connectivity index (χ4n) is 3.23. The van der Waals surface area contributed by atoms with Crippen molar-refractivity contribution in [1.29, 1.82) is 0 Å². The number of nitrogens with zero attached hydrogens (tertiary/aromatic N) is 2. The molecule has 6 heteroatoms. The van der Waals surface area contributed by atoms with Crippen LogP contribution in [0, 0.1) is 13.8 Å². The maximum Gasteiger partial charge on any atom is 0.313 e. The molecule has 0 spiro atoms. The lowest BCUT2D eigenvalue weighted by atomic mass is 10.1. The zero-order valence-corrected chi connectivity index (χ0v) is 16.0. The Morgan fingerprint density at radius 2 is 1.63 bits per heavy atom. The molecule has 1 aliphatic rings. The molecular formula is C21H25N3O3. The minimum Gasteiger partial charge on any atom is -0.497 e. The summed E-state index contributed by atoms with van der Waals surface area (Å²) >= 11 is 0. The van der Waals surface area contributed by atoms with Gasteiger partial charge in [-0.2, -0.15) is 0 Å². The first-order valence-electron chi connectivity index (χ1n) is 9.05. The number of carbonyl (C=O) groups excluding carboxylic acids is 2. The number of rotatable bonds is 3. The second-order valence-corrected chi connectivity index (χ2v) is 6.68. The van der Waals surface area contributed by atoms with Crippen LogP contribution in [0.4, 0.5) is 11.4 Å². The van der Waals surface area contributed by atoms with E-state index in [-0.39, 0.29) is 0 Å². The molecule has 1 heterocycles. The summed E-state index contributed by atoms with van der Waals surface area (Å²) in [6.07, 6.45) is 0. The third-order valence-electron chi connectivity index (χ3n) is 5.03. The maximum atomic E-state index is 12.5. The molecule has 27 heavy (non-hydrogen) atoms. The number of anilines is 2. The Morgan fingerprint density at radius 1 is 0.963 bits per heavy atom. The number of hydrogen-bond donors (Lipinski definition) is 1. The van der Waals surface area contributed by atoms with Gasteiger partial charge in [0.2, 0.25) is 0 Å². The Hall–Kier alpha value is -3.02. The summed E-state index contributed by atoms with van der Waals surface area (Å²) in [4.78, 5) is 28.6. The molecule has 6 nitrogen and oxygen atoms in total. The third kappa shape index (κ3) is 4.22. The molecule has 1 saturated heterocycles. The summed E-state index contributed by atoms with van der Waals surface area (Å²) in [5.74, 6) is -0.409. The number of ether oxygens (including phenoxy) is 1. The van der Waals surface area contributed by atoms with Crippen molar-refractivity contribution in [3.8, 4) is 5.75 Å². The van der Waals surface area contributed by atoms with E-state index < -0.39 is 11.8 Å². The van der Waals surface area contributed by atoms with Crippen LogP contribution in [-0.2, 0) is 9.59 Å². The van der Waals surface area contributed by atoms with Crippen molar-refractivity contribution in [2.45, 2.75) is 13.8 Å². The number of nitrogens with one attached hydrogen (secondary N) is 1. The Bertz CT molecular complexity index is 825. The summed E-state index contributed by atoms with van der Waals surface area (Å²) in [6, 6.07) is 13.2. The van der Waals surface area contributed by atoms with Crippen LogP contribution < -0.4 is 15.0 Å². The van der Waals surface area contributed by atoms with Gasteiger partial charge in [-0.1, -0.05) is 12.1 Å². The van der Waals surface area contributed by atoms with Gasteiger partial charge in [-0.05, 0) is 55.3 Å². The van der Waals surface area contributed by atoms with Crippen LogP contribution in [0.3, 0.4) is 0 Å². The molecule has 0 bridgehead atoms. The van der Waals surface area contributed by atoms with E-state index in [2.05, 4.69) is 42.3 Å². The molecule has 0 aliphatic carbocycles. The van der Waals surface area contributed by atoms with E-state index in [4.69, 9.17) is 4.74 Å². The maximum absolute atomic E-state index is 12.5. The van der Waals surface area contributed by atoms with Crippen LogP contribution in [0.5, 0.6) is 5.75 Å². The summed E-state index contributed by atoms with van der Waals surface area (Å²) < 4.78 is 5.09. The average molecular weight is 367 g/mol. The molecule has 1 fully saturated rings. The topological polar surface area (TPSA) is 61.9 Å². The van der Waals surface area contributed by atoms with Crippen molar-refractivity contribution in [2.24, 2.45) is 0 Å². The molecule has 0 radical (unpaired) electrons. The van der Waals surface area contributed by atoms with E-state index in [1.807, 2.05) is 0 Å². The highest BCUT2D eigenvalue weighted by atomic mass is 16.5. The first-order chi connectivity index (χ1) is 13.0. The normalized spacial score (nSPS) is 14.0. The molecule has 2 aromatic rings. The van der Waals surface area contributed by atoms with Crippen molar-refractivity contribution in [1.82, 2.24) is 4.90 Å². The van der Waals surface area contributed by atoms with E-state index >= 15 is 0 Å². The quantitative estimate of drug-likeness (QED) is 0.847. The van der Waals surface area contributed by atoms with Gasteiger partial charge < -0.3 is 19.9 Å². The zero-order chi connectivity index (χ0) is 19.4. The van der Waals surface area contributed by atoms with Crippen molar-refractivity contribution >= 4 is 23.2 Å². The molecule has 0 unspecified atom stereocenters. The molecule has 0 aromatic heterocycles. The number of benzene rings is 2. The number of piperazine rings is 1. The average Bonchev–Trinajstić information content (AvgIpc) is 2.70. The summed E-state index contributed by atoms with van der Waals surface area (Å²) in [7, 11) is 1.58. The second kappa shape index (κ2) is 8.12. The summed E-state index contributed by atoms with van der Waals surface area (Å²) in [5, 5.41) is 2.65. The summed E-state index contributed by atoms with van der Waals surface area (Å²) in [6.45, 7) is 6.70. The van der Waals surface area contributed by atoms with Crippen molar-refractivity contribution < 1.29 is 14.3 Å². The molecule has 1 N–H and O–H groups in total. The fourth-order valence-corrected chi connectivity index (χ4v) is 3.23. The van der Waals surface area contributed by atoms with Crippen LogP contribution in [0.1, 0.15) is 11.1 Å². The van der Waals surface area contributed by atoms with Crippen LogP contribution >= 0.6 is 0 Å². The van der Waals surface area contributed by atoms with Crippen molar-refractivity contribution in [3.63, 3.8) is 0 Å². The highest BCUT2D eigenvalue weighted by Gasteiger charge is 2.26. The predicted octanol–water partition coefficient (Wildman–Crippen LogP) is 2.60. The Morgan fingerprint density at radius 3 is 2.26 bits per heavy atom. The predicted molar refractivity (Wildman–Crippen MR) is 106 cm³/mol. The number of methoxy groups -OCH3 is 1. The van der Waals surface area contributed by atoms with Crippen molar-refractivity contribution in [2.75, 3.05) is 43.5 Å². The largest absolute Gasteiger partial charge is 0.497 e. The molecule has 2 aromatic carbocycles. The Balaban J connectivity index is 1.57. The Labute approximate surface area is 159 Å². The van der Waals surface area contributed by atoms with Gasteiger partial charge in [0.05, 0.1) is 7.11 Å². The molecule has 3 rings (SSSR count). The number of amides is 2. The first kappa shape index (κ1) is 18.8. The highest BCUT2D eigenvalue weighted by Crippen LogP contribution is 2.24. The molecular weight excluding hydrogens is 342 g/mol. The SMILES string of the molecule is COc1ccc(NC(=O)C(=O)N2CCN(c3cccc(C)c3C)CC2)cc1. The minimum absolute atomic E-state index is 0.494. The van der Waals surface area contributed by atoms with Gasteiger partial charge in [-0.15, -0.1) is 0 Å². The standard InChI is InChI=1S/C21H25N3O3/c1-15-5-4-6-19(16(15)2)23-11-13-24(14-12-23)21(26)20(25)22-17-7-9-18(27-3)10-8-17/h4-10H,11-14H2,1-3H3,(H,22,25). The monoisotopic (exact) mass is 367 g/mol. The lowest BCUT2D eigenvalue weighted by Crippen LogP contribution is -2.51. The smallest absolute Gasteiger partial charge is 0.313 e. The number of carbonyl (C=O) groups is 2. The van der Waals surface area contributed by atoms with Gasteiger partial charge in [-0.25, -0.2) is 0 Å². The molecule has 142 valence electrons. The highest BCUT2D eigenvalue weighted by molar-refractivity contribution is 6.39. The van der Waals surface area contributed by atoms with Gasteiger partial charge in [0.1, 0.15) is 5.75 Å². The van der Waals surface area contributed by atoms with Crippen LogP contribution in [-0.4, -0.2) is 50.0 Å². The number of aryl methyl sites for hydroxylation is 1. The van der Waals surface area contributed by atoms with Gasteiger partial charge in [0.15, 0.2) is 0 Å². The lowest BCUT2D eigenvalue weighted by molar-refractivity contribution is -0.143. The fraction of sp³-hybridized carbons (Fsp3) is 0.333. The van der Waals surface area contributed by atoms with Crippen LogP contribution in [0.25, 0.3) is 0 Å². The molecule has 0 atom stereocenters. The van der Waals surface area contributed by atoms with Crippen molar-refractivity contribution in [3.05, 3.63) is 53.6 Å². The molecule has 2 amide bonds. The van der Waals surface area contributed by atoms with E-state index in [9.17, 15) is 9.59 Å². The van der Waals surface area contributed by atoms with Crippen LogP contribution in [0.2, 0.25) is 0 Å². The zero-order valence-electron chi connectivity index (χ0n) is 16.0. The molecule has 0 saturated carbocycles.